The molecule has 0 bridgehead atoms. The van der Waals surface area contributed by atoms with Gasteiger partial charge in [-0.05, 0) is 55.0 Å². The van der Waals surface area contributed by atoms with Crippen molar-refractivity contribution >= 4 is 0 Å². The van der Waals surface area contributed by atoms with E-state index in [1.54, 1.807) is 6.20 Å². The molecule has 0 aliphatic rings. The van der Waals surface area contributed by atoms with Gasteiger partial charge < -0.3 is 4.74 Å². The largest absolute Gasteiger partial charge is 0.492 e. The Morgan fingerprint density at radius 1 is 0.700 bits per heavy atom. The van der Waals surface area contributed by atoms with E-state index in [1.165, 1.54) is 76.2 Å². The van der Waals surface area contributed by atoms with Gasteiger partial charge in [0, 0.05) is 5.56 Å². The molecule has 0 aliphatic heterocycles. The second-order valence-corrected chi connectivity index (χ2v) is 8.11. The molecule has 0 atom stereocenters. The van der Waals surface area contributed by atoms with E-state index in [2.05, 4.69) is 54.9 Å². The molecule has 0 saturated heterocycles. The van der Waals surface area contributed by atoms with E-state index in [9.17, 15) is 0 Å². The van der Waals surface area contributed by atoms with Crippen molar-refractivity contribution in [3.05, 3.63) is 59.4 Å². The molecular weight excluding hydrogens is 366 g/mol. The summed E-state index contributed by atoms with van der Waals surface area (Å²) >= 11 is 0. The van der Waals surface area contributed by atoms with Gasteiger partial charge >= 0.3 is 0 Å². The number of unbranched alkanes of at least 4 members (excludes halogenated alkanes) is 9. The summed E-state index contributed by atoms with van der Waals surface area (Å²) in [5.74, 6) is 7.20. The van der Waals surface area contributed by atoms with Crippen LogP contribution in [0.5, 0.6) is 5.75 Å². The van der Waals surface area contributed by atoms with E-state index < -0.39 is 0 Å². The minimum atomic E-state index is 0.765. The van der Waals surface area contributed by atoms with Gasteiger partial charge in [0.15, 0.2) is 0 Å². The molecule has 2 nitrogen and oxygen atoms in total. The summed E-state index contributed by atoms with van der Waals surface area (Å²) < 4.78 is 5.77. The van der Waals surface area contributed by atoms with Gasteiger partial charge in [0.1, 0.15) is 11.4 Å². The number of nitrogens with zero attached hydrogens (tertiary/aromatic N) is 1. The number of hydrogen-bond donors (Lipinski definition) is 0. The molecule has 0 spiro atoms. The molecule has 0 unspecified atom stereocenters. The van der Waals surface area contributed by atoms with Crippen LogP contribution in [0, 0.1) is 11.8 Å². The Balaban J connectivity index is 1.70. The summed E-state index contributed by atoms with van der Waals surface area (Å²) in [7, 11) is 0. The van der Waals surface area contributed by atoms with Crippen LogP contribution in [-0.2, 0) is 6.42 Å². The van der Waals surface area contributed by atoms with E-state index in [1.807, 2.05) is 12.1 Å². The standard InChI is InChI=1S/C28H39NO/c1-3-5-7-9-10-12-14-25-15-17-26(18-16-25)19-20-27-21-22-28(24-29-27)30-23-13-11-8-6-4-2/h15-18,21-22,24H,3-14,23H2,1-2H3. The molecule has 0 amide bonds. The van der Waals surface area contributed by atoms with Gasteiger partial charge in [-0.2, -0.15) is 0 Å². The Morgan fingerprint density at radius 2 is 1.37 bits per heavy atom. The summed E-state index contributed by atoms with van der Waals surface area (Å²) in [6.07, 6.45) is 17.2. The van der Waals surface area contributed by atoms with Crippen LogP contribution in [0.25, 0.3) is 0 Å². The molecule has 0 aliphatic carbocycles. The third kappa shape index (κ3) is 10.5. The zero-order valence-corrected chi connectivity index (χ0v) is 19.1. The van der Waals surface area contributed by atoms with Gasteiger partial charge in [0.05, 0.1) is 12.8 Å². The van der Waals surface area contributed by atoms with E-state index in [4.69, 9.17) is 4.74 Å². The van der Waals surface area contributed by atoms with E-state index >= 15 is 0 Å². The lowest BCUT2D eigenvalue weighted by molar-refractivity contribution is 0.303. The smallest absolute Gasteiger partial charge is 0.137 e. The van der Waals surface area contributed by atoms with Gasteiger partial charge in [-0.1, -0.05) is 89.7 Å². The first-order chi connectivity index (χ1) is 14.8. The van der Waals surface area contributed by atoms with E-state index in [0.717, 1.165) is 30.0 Å². The molecule has 162 valence electrons. The summed E-state index contributed by atoms with van der Waals surface area (Å²) in [6, 6.07) is 12.6. The maximum absolute atomic E-state index is 5.77. The normalized spacial score (nSPS) is 10.5. The van der Waals surface area contributed by atoms with Crippen LogP contribution in [0.2, 0.25) is 0 Å². The molecule has 0 fully saturated rings. The Labute approximate surface area is 184 Å². The predicted molar refractivity (Wildman–Crippen MR) is 128 cm³/mol. The number of aryl methyl sites for hydroxylation is 1. The maximum atomic E-state index is 5.77. The highest BCUT2D eigenvalue weighted by Crippen LogP contribution is 2.12. The molecule has 2 aromatic rings. The molecule has 0 saturated carbocycles. The number of hydrogen-bond acceptors (Lipinski definition) is 2. The highest BCUT2D eigenvalue weighted by Gasteiger charge is 1.97. The number of pyridine rings is 1. The number of rotatable bonds is 14. The molecule has 0 radical (unpaired) electrons. The van der Waals surface area contributed by atoms with Crippen molar-refractivity contribution in [1.82, 2.24) is 4.98 Å². The molecule has 30 heavy (non-hydrogen) atoms. The molecular formula is C28H39NO. The van der Waals surface area contributed by atoms with Crippen molar-refractivity contribution in [2.75, 3.05) is 6.61 Å². The fraction of sp³-hybridized carbons (Fsp3) is 0.536. The first-order valence-corrected chi connectivity index (χ1v) is 12.0. The molecule has 0 N–H and O–H groups in total. The minimum absolute atomic E-state index is 0.765. The van der Waals surface area contributed by atoms with Crippen molar-refractivity contribution in [1.29, 1.82) is 0 Å². The topological polar surface area (TPSA) is 22.1 Å². The Kier molecular flexibility index (Phi) is 12.4. The third-order valence-corrected chi connectivity index (χ3v) is 5.36. The van der Waals surface area contributed by atoms with E-state index in [-0.39, 0.29) is 0 Å². The SMILES string of the molecule is CCCCCCCCc1ccc(C#Cc2ccc(OCCCCCCC)cn2)cc1. The molecule has 1 heterocycles. The molecule has 2 rings (SSSR count). The van der Waals surface area contributed by atoms with Crippen molar-refractivity contribution < 1.29 is 4.74 Å². The maximum Gasteiger partial charge on any atom is 0.137 e. The van der Waals surface area contributed by atoms with Crippen molar-refractivity contribution in [2.45, 2.75) is 90.9 Å². The fourth-order valence-electron chi connectivity index (χ4n) is 3.44. The number of benzene rings is 1. The van der Waals surface area contributed by atoms with Gasteiger partial charge in [0.2, 0.25) is 0 Å². The number of aromatic nitrogens is 1. The first kappa shape index (κ1) is 24.0. The average Bonchev–Trinajstić information content (AvgIpc) is 2.79. The predicted octanol–water partition coefficient (Wildman–Crippen LogP) is 7.73. The Morgan fingerprint density at radius 3 is 2.03 bits per heavy atom. The van der Waals surface area contributed by atoms with E-state index in [0.29, 0.717) is 0 Å². The molecule has 2 heteroatoms. The van der Waals surface area contributed by atoms with Gasteiger partial charge in [-0.25, -0.2) is 4.98 Å². The summed E-state index contributed by atoms with van der Waals surface area (Å²) in [5.41, 5.74) is 3.22. The molecule has 1 aromatic heterocycles. The van der Waals surface area contributed by atoms with Crippen LogP contribution in [0.4, 0.5) is 0 Å². The zero-order valence-electron chi connectivity index (χ0n) is 19.1. The highest BCUT2D eigenvalue weighted by molar-refractivity contribution is 5.41. The second kappa shape index (κ2) is 15.6. The lowest BCUT2D eigenvalue weighted by Gasteiger charge is -2.05. The van der Waals surface area contributed by atoms with Crippen molar-refractivity contribution in [2.24, 2.45) is 0 Å². The lowest BCUT2D eigenvalue weighted by Crippen LogP contribution is -1.98. The summed E-state index contributed by atoms with van der Waals surface area (Å²) in [4.78, 5) is 4.41. The van der Waals surface area contributed by atoms with Crippen LogP contribution >= 0.6 is 0 Å². The zero-order chi connectivity index (χ0) is 21.3. The van der Waals surface area contributed by atoms with Crippen LogP contribution < -0.4 is 4.74 Å². The summed E-state index contributed by atoms with van der Waals surface area (Å²) in [5, 5.41) is 0. The lowest BCUT2D eigenvalue weighted by atomic mass is 10.0. The fourth-order valence-corrected chi connectivity index (χ4v) is 3.44. The number of ether oxygens (including phenoxy) is 1. The van der Waals surface area contributed by atoms with Gasteiger partial charge in [0.25, 0.3) is 0 Å². The Bertz CT molecular complexity index is 673. The van der Waals surface area contributed by atoms with Gasteiger partial charge in [-0.15, -0.1) is 0 Å². The second-order valence-electron chi connectivity index (χ2n) is 8.11. The highest BCUT2D eigenvalue weighted by atomic mass is 16.5. The van der Waals surface area contributed by atoms with Crippen molar-refractivity contribution in [3.8, 4) is 17.6 Å². The quantitative estimate of drug-likeness (QED) is 0.237. The van der Waals surface area contributed by atoms with Crippen LogP contribution in [0.3, 0.4) is 0 Å². The van der Waals surface area contributed by atoms with Crippen LogP contribution in [0.15, 0.2) is 42.6 Å². The monoisotopic (exact) mass is 405 g/mol. The van der Waals surface area contributed by atoms with Crippen LogP contribution in [0.1, 0.15) is 101 Å². The van der Waals surface area contributed by atoms with Crippen LogP contribution in [-0.4, -0.2) is 11.6 Å². The molecule has 1 aromatic carbocycles. The first-order valence-electron chi connectivity index (χ1n) is 12.0. The van der Waals surface area contributed by atoms with Crippen molar-refractivity contribution in [3.63, 3.8) is 0 Å². The third-order valence-electron chi connectivity index (χ3n) is 5.36. The average molecular weight is 406 g/mol. The summed E-state index contributed by atoms with van der Waals surface area (Å²) in [6.45, 7) is 5.27. The Hall–Kier alpha value is -2.27. The minimum Gasteiger partial charge on any atom is -0.492 e. The van der Waals surface area contributed by atoms with Gasteiger partial charge in [-0.3, -0.25) is 0 Å².